The van der Waals surface area contributed by atoms with Gasteiger partial charge in [0.2, 0.25) is 5.91 Å². The molecule has 3 aromatic carbocycles. The number of hydrogen-bond acceptors (Lipinski definition) is 2. The van der Waals surface area contributed by atoms with Crippen molar-refractivity contribution >= 4 is 5.91 Å². The number of hydrogen-bond donors (Lipinski definition) is 0. The summed E-state index contributed by atoms with van der Waals surface area (Å²) in [6.45, 7) is 3.22. The molecule has 0 radical (unpaired) electrons. The second-order valence-electron chi connectivity index (χ2n) is 6.59. The average Bonchev–Trinajstić information content (AvgIpc) is 2.73. The third kappa shape index (κ3) is 5.43. The van der Waals surface area contributed by atoms with Crippen LogP contribution in [0.25, 0.3) is 0 Å². The van der Waals surface area contributed by atoms with Crippen molar-refractivity contribution in [3.05, 3.63) is 101 Å². The van der Waals surface area contributed by atoms with Gasteiger partial charge < -0.3 is 9.64 Å². The number of carbonyl (C=O) groups is 1. The number of amides is 1. The molecule has 3 nitrogen and oxygen atoms in total. The Kier molecular flexibility index (Phi) is 6.79. The van der Waals surface area contributed by atoms with Crippen LogP contribution in [0.1, 0.15) is 23.6 Å². The molecule has 0 aliphatic heterocycles. The first-order valence-electron chi connectivity index (χ1n) is 9.42. The molecule has 0 saturated heterocycles. The first kappa shape index (κ1) is 19.6. The van der Waals surface area contributed by atoms with Gasteiger partial charge in [-0.3, -0.25) is 4.79 Å². The van der Waals surface area contributed by atoms with Crippen LogP contribution >= 0.6 is 0 Å². The van der Waals surface area contributed by atoms with Gasteiger partial charge in [0, 0.05) is 18.7 Å². The highest BCUT2D eigenvalue weighted by molar-refractivity contribution is 5.78. The van der Waals surface area contributed by atoms with Gasteiger partial charge >= 0.3 is 0 Å². The quantitative estimate of drug-likeness (QED) is 0.553. The number of nitrogens with zero attached hydrogens (tertiary/aromatic N) is 1. The van der Waals surface area contributed by atoms with Crippen LogP contribution in [-0.2, 0) is 24.4 Å². The molecule has 0 aliphatic rings. The van der Waals surface area contributed by atoms with Crippen LogP contribution in [-0.4, -0.2) is 17.4 Å². The topological polar surface area (TPSA) is 29.5 Å². The average molecular weight is 377 g/mol. The molecule has 0 atom stereocenters. The molecule has 0 aromatic heterocycles. The van der Waals surface area contributed by atoms with Crippen molar-refractivity contribution < 1.29 is 13.9 Å². The maximum Gasteiger partial charge on any atom is 0.227 e. The Morgan fingerprint density at radius 3 is 2.25 bits per heavy atom. The van der Waals surface area contributed by atoms with E-state index in [0.29, 0.717) is 18.7 Å². The van der Waals surface area contributed by atoms with Crippen molar-refractivity contribution in [2.24, 2.45) is 0 Å². The van der Waals surface area contributed by atoms with Crippen molar-refractivity contribution in [3.63, 3.8) is 0 Å². The highest BCUT2D eigenvalue weighted by Gasteiger charge is 2.14. The molecule has 0 heterocycles. The molecule has 3 rings (SSSR count). The van der Waals surface area contributed by atoms with E-state index in [9.17, 15) is 9.18 Å². The van der Waals surface area contributed by atoms with E-state index in [1.807, 2.05) is 61.5 Å². The second-order valence-corrected chi connectivity index (χ2v) is 6.59. The lowest BCUT2D eigenvalue weighted by atomic mass is 10.1. The Hall–Kier alpha value is -3.14. The summed E-state index contributed by atoms with van der Waals surface area (Å²) in [7, 11) is 0. The highest BCUT2D eigenvalue weighted by atomic mass is 19.1. The first-order valence-corrected chi connectivity index (χ1v) is 9.42. The number of benzene rings is 3. The van der Waals surface area contributed by atoms with Crippen molar-refractivity contribution in [3.8, 4) is 5.75 Å². The highest BCUT2D eigenvalue weighted by Crippen LogP contribution is 2.16. The number of ether oxygens (including phenoxy) is 1. The zero-order valence-corrected chi connectivity index (χ0v) is 16.0. The molecule has 3 aromatic rings. The molecular formula is C24H24FNO2. The molecule has 28 heavy (non-hydrogen) atoms. The monoisotopic (exact) mass is 377 g/mol. The van der Waals surface area contributed by atoms with Gasteiger partial charge in [-0.05, 0) is 36.2 Å². The number of carbonyl (C=O) groups excluding carboxylic acids is 1. The number of rotatable bonds is 8. The largest absolute Gasteiger partial charge is 0.489 e. The standard InChI is InChI=1S/C24H24FNO2/c1-2-26(17-21-10-6-7-11-23(21)25)24(27)16-19-12-14-22(15-13-19)28-18-20-8-4-3-5-9-20/h3-15H,2,16-18H2,1H3. The molecule has 1 amide bonds. The SMILES string of the molecule is CCN(Cc1ccccc1F)C(=O)Cc1ccc(OCc2ccccc2)cc1. The summed E-state index contributed by atoms with van der Waals surface area (Å²) in [6.07, 6.45) is 0.279. The molecule has 0 N–H and O–H groups in total. The zero-order valence-electron chi connectivity index (χ0n) is 16.0. The zero-order chi connectivity index (χ0) is 19.8. The Labute approximate surface area is 165 Å². The molecular weight excluding hydrogens is 353 g/mol. The van der Waals surface area contributed by atoms with Crippen LogP contribution in [0.3, 0.4) is 0 Å². The van der Waals surface area contributed by atoms with E-state index >= 15 is 0 Å². The molecule has 0 bridgehead atoms. The molecule has 4 heteroatoms. The van der Waals surface area contributed by atoms with E-state index in [0.717, 1.165) is 16.9 Å². The normalized spacial score (nSPS) is 10.5. The molecule has 0 aliphatic carbocycles. The third-order valence-corrected chi connectivity index (χ3v) is 4.58. The minimum Gasteiger partial charge on any atom is -0.489 e. The van der Waals surface area contributed by atoms with Crippen LogP contribution in [0, 0.1) is 5.82 Å². The van der Waals surface area contributed by atoms with Crippen molar-refractivity contribution in [1.29, 1.82) is 0 Å². The van der Waals surface area contributed by atoms with Crippen LogP contribution in [0.15, 0.2) is 78.9 Å². The lowest BCUT2D eigenvalue weighted by Gasteiger charge is -2.21. The molecule has 0 fully saturated rings. The van der Waals surface area contributed by atoms with E-state index in [-0.39, 0.29) is 24.7 Å². The summed E-state index contributed by atoms with van der Waals surface area (Å²) in [4.78, 5) is 14.3. The summed E-state index contributed by atoms with van der Waals surface area (Å²) in [5.74, 6) is 0.455. The van der Waals surface area contributed by atoms with Crippen molar-refractivity contribution in [1.82, 2.24) is 4.90 Å². The lowest BCUT2D eigenvalue weighted by molar-refractivity contribution is -0.130. The Balaban J connectivity index is 1.56. The summed E-state index contributed by atoms with van der Waals surface area (Å²) >= 11 is 0. The molecule has 0 saturated carbocycles. The summed E-state index contributed by atoms with van der Waals surface area (Å²) in [5.41, 5.74) is 2.54. The molecule has 0 spiro atoms. The molecule has 0 unspecified atom stereocenters. The minimum absolute atomic E-state index is 0.0243. The number of halogens is 1. The van der Waals surface area contributed by atoms with Gasteiger partial charge in [-0.2, -0.15) is 0 Å². The summed E-state index contributed by atoms with van der Waals surface area (Å²) in [5, 5.41) is 0. The third-order valence-electron chi connectivity index (χ3n) is 4.58. The smallest absolute Gasteiger partial charge is 0.227 e. The van der Waals surface area contributed by atoms with E-state index < -0.39 is 0 Å². The van der Waals surface area contributed by atoms with Gasteiger partial charge in [0.1, 0.15) is 18.2 Å². The lowest BCUT2D eigenvalue weighted by Crippen LogP contribution is -2.31. The fraction of sp³-hybridized carbons (Fsp3) is 0.208. The van der Waals surface area contributed by atoms with Crippen LogP contribution in [0.4, 0.5) is 4.39 Å². The fourth-order valence-corrected chi connectivity index (χ4v) is 2.94. The van der Waals surface area contributed by atoms with Gasteiger partial charge in [-0.25, -0.2) is 4.39 Å². The fourth-order valence-electron chi connectivity index (χ4n) is 2.94. The van der Waals surface area contributed by atoms with E-state index in [2.05, 4.69) is 0 Å². The molecule has 144 valence electrons. The van der Waals surface area contributed by atoms with E-state index in [4.69, 9.17) is 4.74 Å². The predicted octanol–water partition coefficient (Wildman–Crippen LogP) is 5.00. The maximum absolute atomic E-state index is 13.9. The van der Waals surface area contributed by atoms with Crippen molar-refractivity contribution in [2.45, 2.75) is 26.5 Å². The van der Waals surface area contributed by atoms with E-state index in [1.54, 1.807) is 23.1 Å². The van der Waals surface area contributed by atoms with Gasteiger partial charge in [0.15, 0.2) is 0 Å². The summed E-state index contributed by atoms with van der Waals surface area (Å²) in [6, 6.07) is 24.1. The van der Waals surface area contributed by atoms with Crippen LogP contribution in [0.2, 0.25) is 0 Å². The van der Waals surface area contributed by atoms with Crippen LogP contribution < -0.4 is 4.74 Å². The van der Waals surface area contributed by atoms with Gasteiger partial charge in [-0.15, -0.1) is 0 Å². The van der Waals surface area contributed by atoms with E-state index in [1.165, 1.54) is 6.07 Å². The van der Waals surface area contributed by atoms with Gasteiger partial charge in [-0.1, -0.05) is 60.7 Å². The predicted molar refractivity (Wildman–Crippen MR) is 108 cm³/mol. The van der Waals surface area contributed by atoms with Crippen LogP contribution in [0.5, 0.6) is 5.75 Å². The van der Waals surface area contributed by atoms with Gasteiger partial charge in [0.05, 0.1) is 6.42 Å². The first-order chi connectivity index (χ1) is 13.7. The maximum atomic E-state index is 13.9. The summed E-state index contributed by atoms with van der Waals surface area (Å²) < 4.78 is 19.6. The Morgan fingerprint density at radius 1 is 0.893 bits per heavy atom. The minimum atomic E-state index is -0.284. The number of likely N-dealkylation sites (N-methyl/N-ethyl adjacent to an activating group) is 1. The second kappa shape index (κ2) is 9.70. The Morgan fingerprint density at radius 2 is 1.57 bits per heavy atom. The Bertz CT molecular complexity index is 894. The van der Waals surface area contributed by atoms with Crippen molar-refractivity contribution in [2.75, 3.05) is 6.54 Å². The van der Waals surface area contributed by atoms with Gasteiger partial charge in [0.25, 0.3) is 0 Å².